The monoisotopic (exact) mass is 202 g/mol. The Bertz CT molecular complexity index is 294. The highest BCUT2D eigenvalue weighted by atomic mass is 35.5. The summed E-state index contributed by atoms with van der Waals surface area (Å²) in [4.78, 5) is 0. The minimum Gasteiger partial charge on any atom is -0.393 e. The number of hydrogen-bond acceptors (Lipinski definition) is 2. The number of aryl methyl sites for hydroxylation is 2. The molecule has 1 heterocycles. The molecule has 0 amide bonds. The van der Waals surface area contributed by atoms with Gasteiger partial charge >= 0.3 is 0 Å². The topological polar surface area (TPSA) is 38.0 Å². The van der Waals surface area contributed by atoms with Crippen molar-refractivity contribution in [3.63, 3.8) is 0 Å². The lowest BCUT2D eigenvalue weighted by molar-refractivity contribution is 0.176. The highest BCUT2D eigenvalue weighted by Gasteiger charge is 2.08. The molecule has 0 aliphatic heterocycles. The van der Waals surface area contributed by atoms with Crippen LogP contribution in [0.2, 0.25) is 5.02 Å². The van der Waals surface area contributed by atoms with Gasteiger partial charge in [-0.3, -0.25) is 4.68 Å². The highest BCUT2D eigenvalue weighted by molar-refractivity contribution is 6.31. The van der Waals surface area contributed by atoms with Crippen LogP contribution in [0.25, 0.3) is 0 Å². The van der Waals surface area contributed by atoms with Gasteiger partial charge in [0.25, 0.3) is 0 Å². The first-order valence-corrected chi connectivity index (χ1v) is 4.77. The van der Waals surface area contributed by atoms with Crippen LogP contribution in [0, 0.1) is 13.8 Å². The normalized spacial score (nSPS) is 13.3. The van der Waals surface area contributed by atoms with Gasteiger partial charge in [-0.1, -0.05) is 11.6 Å². The minimum atomic E-state index is -0.289. The highest BCUT2D eigenvalue weighted by Crippen LogP contribution is 2.19. The summed E-state index contributed by atoms with van der Waals surface area (Å²) >= 11 is 5.97. The number of rotatable bonds is 3. The zero-order valence-corrected chi connectivity index (χ0v) is 8.97. The predicted molar refractivity (Wildman–Crippen MR) is 53.0 cm³/mol. The molecule has 0 aromatic carbocycles. The van der Waals surface area contributed by atoms with E-state index in [0.29, 0.717) is 6.42 Å². The average molecular weight is 203 g/mol. The summed E-state index contributed by atoms with van der Waals surface area (Å²) in [5, 5.41) is 14.1. The second-order valence-corrected chi connectivity index (χ2v) is 3.72. The third-order valence-corrected chi connectivity index (χ3v) is 2.60. The quantitative estimate of drug-likeness (QED) is 0.814. The van der Waals surface area contributed by atoms with Gasteiger partial charge in [0.05, 0.1) is 22.5 Å². The molecule has 1 aromatic rings. The summed E-state index contributed by atoms with van der Waals surface area (Å²) in [5.41, 5.74) is 1.82. The fourth-order valence-electron chi connectivity index (χ4n) is 1.20. The van der Waals surface area contributed by atoms with Gasteiger partial charge in [0.2, 0.25) is 0 Å². The smallest absolute Gasteiger partial charge is 0.0844 e. The van der Waals surface area contributed by atoms with E-state index in [4.69, 9.17) is 16.7 Å². The molecule has 0 aliphatic carbocycles. The van der Waals surface area contributed by atoms with Crippen molar-refractivity contribution in [3.05, 3.63) is 16.4 Å². The standard InChI is InChI=1S/C9H15ClN2O/c1-6(13)4-5-12-8(3)9(10)7(2)11-12/h6,13H,4-5H2,1-3H3. The molecule has 0 bridgehead atoms. The largest absolute Gasteiger partial charge is 0.393 e. The zero-order valence-electron chi connectivity index (χ0n) is 8.21. The average Bonchev–Trinajstić information content (AvgIpc) is 2.29. The van der Waals surface area contributed by atoms with Gasteiger partial charge in [0.1, 0.15) is 0 Å². The molecule has 0 spiro atoms. The Morgan fingerprint density at radius 1 is 1.54 bits per heavy atom. The van der Waals surface area contributed by atoms with Crippen LogP contribution in [0.5, 0.6) is 0 Å². The number of hydrogen-bond donors (Lipinski definition) is 1. The molecule has 13 heavy (non-hydrogen) atoms. The van der Waals surface area contributed by atoms with Crippen LogP contribution in [0.15, 0.2) is 0 Å². The number of aromatic nitrogens is 2. The van der Waals surface area contributed by atoms with Crippen molar-refractivity contribution in [2.75, 3.05) is 0 Å². The molecule has 4 heteroatoms. The Balaban J connectivity index is 2.72. The van der Waals surface area contributed by atoms with Crippen LogP contribution in [-0.4, -0.2) is 21.0 Å². The second-order valence-electron chi connectivity index (χ2n) is 3.35. The van der Waals surface area contributed by atoms with Crippen LogP contribution in [-0.2, 0) is 6.54 Å². The summed E-state index contributed by atoms with van der Waals surface area (Å²) in [6, 6.07) is 0. The van der Waals surface area contributed by atoms with E-state index in [1.165, 1.54) is 0 Å². The van der Waals surface area contributed by atoms with Gasteiger partial charge in [-0.15, -0.1) is 0 Å². The van der Waals surface area contributed by atoms with Crippen molar-refractivity contribution in [1.82, 2.24) is 9.78 Å². The van der Waals surface area contributed by atoms with Gasteiger partial charge in [-0.05, 0) is 27.2 Å². The summed E-state index contributed by atoms with van der Waals surface area (Å²) in [5.74, 6) is 0. The molecule has 3 nitrogen and oxygen atoms in total. The Morgan fingerprint density at radius 3 is 2.54 bits per heavy atom. The Kier molecular flexibility index (Phi) is 3.33. The van der Waals surface area contributed by atoms with E-state index in [2.05, 4.69) is 5.10 Å². The molecule has 0 fully saturated rings. The van der Waals surface area contributed by atoms with Crippen LogP contribution in [0.1, 0.15) is 24.7 Å². The van der Waals surface area contributed by atoms with E-state index in [-0.39, 0.29) is 6.10 Å². The molecule has 1 N–H and O–H groups in total. The van der Waals surface area contributed by atoms with Crippen LogP contribution in [0.4, 0.5) is 0 Å². The van der Waals surface area contributed by atoms with E-state index >= 15 is 0 Å². The Labute approximate surface area is 83.3 Å². The van der Waals surface area contributed by atoms with Crippen LogP contribution in [0.3, 0.4) is 0 Å². The van der Waals surface area contributed by atoms with Crippen molar-refractivity contribution < 1.29 is 5.11 Å². The number of aliphatic hydroxyl groups is 1. The van der Waals surface area contributed by atoms with E-state index in [1.807, 2.05) is 18.5 Å². The molecular weight excluding hydrogens is 188 g/mol. The van der Waals surface area contributed by atoms with Crippen LogP contribution < -0.4 is 0 Å². The second kappa shape index (κ2) is 4.11. The van der Waals surface area contributed by atoms with Crippen molar-refractivity contribution in [2.45, 2.75) is 39.8 Å². The third-order valence-electron chi connectivity index (χ3n) is 2.05. The molecule has 1 atom stereocenters. The maximum absolute atomic E-state index is 9.11. The lowest BCUT2D eigenvalue weighted by atomic mass is 10.3. The number of nitrogens with zero attached hydrogens (tertiary/aromatic N) is 2. The number of aliphatic hydroxyl groups excluding tert-OH is 1. The van der Waals surface area contributed by atoms with Gasteiger partial charge in [0, 0.05) is 6.54 Å². The van der Waals surface area contributed by atoms with E-state index in [1.54, 1.807) is 6.92 Å². The van der Waals surface area contributed by atoms with Gasteiger partial charge in [-0.25, -0.2) is 0 Å². The molecule has 1 rings (SSSR count). The first-order valence-electron chi connectivity index (χ1n) is 4.40. The third kappa shape index (κ3) is 2.45. The van der Waals surface area contributed by atoms with Crippen LogP contribution >= 0.6 is 11.6 Å². The van der Waals surface area contributed by atoms with Crippen molar-refractivity contribution in [2.24, 2.45) is 0 Å². The fraction of sp³-hybridized carbons (Fsp3) is 0.667. The van der Waals surface area contributed by atoms with Gasteiger partial charge in [-0.2, -0.15) is 5.10 Å². The zero-order chi connectivity index (χ0) is 10.0. The summed E-state index contributed by atoms with van der Waals surface area (Å²) < 4.78 is 1.84. The van der Waals surface area contributed by atoms with Gasteiger partial charge < -0.3 is 5.11 Å². The molecular formula is C9H15ClN2O. The summed E-state index contributed by atoms with van der Waals surface area (Å²) in [7, 11) is 0. The molecule has 1 aromatic heterocycles. The minimum absolute atomic E-state index is 0.289. The molecule has 0 radical (unpaired) electrons. The van der Waals surface area contributed by atoms with E-state index in [9.17, 15) is 0 Å². The lowest BCUT2D eigenvalue weighted by Crippen LogP contribution is -2.09. The predicted octanol–water partition coefficient (Wildman–Crippen LogP) is 1.92. The van der Waals surface area contributed by atoms with Crippen molar-refractivity contribution in [1.29, 1.82) is 0 Å². The Morgan fingerprint density at radius 2 is 2.15 bits per heavy atom. The molecule has 1 unspecified atom stereocenters. The first kappa shape index (κ1) is 10.5. The molecule has 74 valence electrons. The molecule has 0 saturated carbocycles. The number of halogens is 1. The summed E-state index contributed by atoms with van der Waals surface area (Å²) in [6.07, 6.45) is 0.417. The van der Waals surface area contributed by atoms with Crippen molar-refractivity contribution >= 4 is 11.6 Å². The first-order chi connectivity index (χ1) is 6.02. The Hall–Kier alpha value is -0.540. The SMILES string of the molecule is Cc1nn(CCC(C)O)c(C)c1Cl. The molecule has 0 saturated heterocycles. The summed E-state index contributed by atoms with van der Waals surface area (Å²) in [6.45, 7) is 6.31. The maximum atomic E-state index is 9.11. The lowest BCUT2D eigenvalue weighted by Gasteiger charge is -2.05. The van der Waals surface area contributed by atoms with Gasteiger partial charge in [0.15, 0.2) is 0 Å². The molecule has 0 aliphatic rings. The maximum Gasteiger partial charge on any atom is 0.0844 e. The van der Waals surface area contributed by atoms with Crippen molar-refractivity contribution in [3.8, 4) is 0 Å². The van der Waals surface area contributed by atoms with E-state index in [0.717, 1.165) is 23.0 Å². The fourth-order valence-corrected chi connectivity index (χ4v) is 1.34. The van der Waals surface area contributed by atoms with E-state index < -0.39 is 0 Å².